The number of piperidine rings is 1. The summed E-state index contributed by atoms with van der Waals surface area (Å²) in [6.07, 6.45) is 1.41. The zero-order valence-corrected chi connectivity index (χ0v) is 18.3. The van der Waals surface area contributed by atoms with Gasteiger partial charge in [-0.3, -0.25) is 9.52 Å². The normalized spacial score (nSPS) is 16.6. The Kier molecular flexibility index (Phi) is 6.84. The Morgan fingerprint density at radius 2 is 1.97 bits per heavy atom. The highest BCUT2D eigenvalue weighted by atomic mass is 32.2. The summed E-state index contributed by atoms with van der Waals surface area (Å²) >= 11 is 0. The fourth-order valence-electron chi connectivity index (χ4n) is 3.76. The maximum absolute atomic E-state index is 12.7. The van der Waals surface area contributed by atoms with Gasteiger partial charge in [0.05, 0.1) is 28.7 Å². The highest BCUT2D eigenvalue weighted by Crippen LogP contribution is 2.30. The fourth-order valence-corrected chi connectivity index (χ4v) is 5.06. The number of esters is 1. The molecule has 2 aromatic rings. The van der Waals surface area contributed by atoms with E-state index in [1.165, 1.54) is 18.2 Å². The number of carboxylic acids is 1. The van der Waals surface area contributed by atoms with Crippen LogP contribution in [0, 0.1) is 12.8 Å². The Morgan fingerprint density at radius 1 is 1.23 bits per heavy atom. The third-order valence-corrected chi connectivity index (χ3v) is 6.79. The predicted octanol–water partition coefficient (Wildman–Crippen LogP) is 3.27. The van der Waals surface area contributed by atoms with Crippen LogP contribution in [0.2, 0.25) is 0 Å². The highest BCUT2D eigenvalue weighted by molar-refractivity contribution is 7.92. The molecule has 0 aliphatic carbocycles. The number of aryl methyl sites for hydroxylation is 1. The number of sulfonamides is 1. The Labute approximate surface area is 181 Å². The number of hydrogen-bond donors (Lipinski definition) is 2. The van der Waals surface area contributed by atoms with E-state index in [1.54, 1.807) is 38.1 Å². The maximum Gasteiger partial charge on any atom is 0.337 e. The molecule has 0 saturated carbocycles. The number of aromatic carboxylic acids is 1. The molecule has 8 nitrogen and oxygen atoms in total. The summed E-state index contributed by atoms with van der Waals surface area (Å²) in [6.45, 7) is 4.69. The van der Waals surface area contributed by atoms with Crippen molar-refractivity contribution < 1.29 is 27.9 Å². The van der Waals surface area contributed by atoms with E-state index in [-0.39, 0.29) is 28.0 Å². The molecule has 2 aromatic carbocycles. The highest BCUT2D eigenvalue weighted by Gasteiger charge is 2.29. The summed E-state index contributed by atoms with van der Waals surface area (Å²) in [5.41, 5.74) is 1.15. The van der Waals surface area contributed by atoms with E-state index in [4.69, 9.17) is 4.74 Å². The molecule has 1 aliphatic heterocycles. The average Bonchev–Trinajstić information content (AvgIpc) is 2.74. The van der Waals surface area contributed by atoms with Crippen LogP contribution in [-0.2, 0) is 19.6 Å². The van der Waals surface area contributed by atoms with Crippen molar-refractivity contribution in [2.75, 3.05) is 29.3 Å². The molecule has 0 aromatic heterocycles. The van der Waals surface area contributed by atoms with Gasteiger partial charge in [0.2, 0.25) is 0 Å². The first-order valence-electron chi connectivity index (χ1n) is 10.1. The van der Waals surface area contributed by atoms with E-state index in [2.05, 4.69) is 4.72 Å². The second-order valence-corrected chi connectivity index (χ2v) is 9.10. The molecular weight excluding hydrogens is 420 g/mol. The first-order valence-corrected chi connectivity index (χ1v) is 11.6. The molecule has 31 heavy (non-hydrogen) atoms. The Bertz CT molecular complexity index is 1080. The minimum Gasteiger partial charge on any atom is -0.478 e. The van der Waals surface area contributed by atoms with Crippen LogP contribution < -0.4 is 9.62 Å². The van der Waals surface area contributed by atoms with Crippen molar-refractivity contribution in [3.05, 3.63) is 53.6 Å². The van der Waals surface area contributed by atoms with Crippen molar-refractivity contribution in [3.8, 4) is 0 Å². The topological polar surface area (TPSA) is 113 Å². The summed E-state index contributed by atoms with van der Waals surface area (Å²) in [5, 5.41) is 9.74. The number of carboxylic acid groups (broad SMARTS) is 1. The summed E-state index contributed by atoms with van der Waals surface area (Å²) in [5.74, 6) is -1.79. The molecule has 1 heterocycles. The lowest BCUT2D eigenvalue weighted by atomic mass is 9.97. The van der Waals surface area contributed by atoms with Crippen LogP contribution in [0.3, 0.4) is 0 Å². The lowest BCUT2D eigenvalue weighted by Crippen LogP contribution is -2.40. The van der Waals surface area contributed by atoms with Gasteiger partial charge < -0.3 is 14.7 Å². The Hall–Kier alpha value is -3.07. The number of nitrogens with one attached hydrogen (secondary N) is 1. The van der Waals surface area contributed by atoms with Crippen molar-refractivity contribution in [2.24, 2.45) is 5.92 Å². The SMILES string of the molecule is CCOC(=O)[C@H]1CCCN(c2ccc(NS(=O)(=O)c3ccccc3C)cc2C(=O)O)C1. The molecule has 1 saturated heterocycles. The number of anilines is 2. The van der Waals surface area contributed by atoms with Gasteiger partial charge in [-0.1, -0.05) is 18.2 Å². The minimum absolute atomic E-state index is 0.0329. The molecule has 0 bridgehead atoms. The van der Waals surface area contributed by atoms with Crippen LogP contribution in [0.5, 0.6) is 0 Å². The van der Waals surface area contributed by atoms with Gasteiger partial charge in [-0.25, -0.2) is 13.2 Å². The Morgan fingerprint density at radius 3 is 2.65 bits per heavy atom. The number of rotatable bonds is 7. The quantitative estimate of drug-likeness (QED) is 0.628. The summed E-state index contributed by atoms with van der Waals surface area (Å²) in [4.78, 5) is 26.0. The first kappa shape index (κ1) is 22.6. The smallest absolute Gasteiger partial charge is 0.337 e. The van der Waals surface area contributed by atoms with Gasteiger partial charge in [-0.05, 0) is 56.5 Å². The van der Waals surface area contributed by atoms with Crippen molar-refractivity contribution in [2.45, 2.75) is 31.6 Å². The van der Waals surface area contributed by atoms with Crippen LogP contribution in [0.25, 0.3) is 0 Å². The van der Waals surface area contributed by atoms with Gasteiger partial charge in [-0.2, -0.15) is 0 Å². The molecule has 0 unspecified atom stereocenters. The molecule has 1 aliphatic rings. The third-order valence-electron chi connectivity index (χ3n) is 5.24. The van der Waals surface area contributed by atoms with Crippen LogP contribution in [-0.4, -0.2) is 45.2 Å². The first-order chi connectivity index (χ1) is 14.7. The van der Waals surface area contributed by atoms with Gasteiger partial charge in [0.15, 0.2) is 0 Å². The predicted molar refractivity (Wildman–Crippen MR) is 117 cm³/mol. The van der Waals surface area contributed by atoms with Crippen molar-refractivity contribution in [1.29, 1.82) is 0 Å². The van der Waals surface area contributed by atoms with Gasteiger partial charge >= 0.3 is 11.9 Å². The van der Waals surface area contributed by atoms with E-state index < -0.39 is 16.0 Å². The maximum atomic E-state index is 12.7. The van der Waals surface area contributed by atoms with Crippen molar-refractivity contribution in [1.82, 2.24) is 0 Å². The lowest BCUT2D eigenvalue weighted by Gasteiger charge is -2.34. The molecule has 0 radical (unpaired) electrons. The van der Waals surface area contributed by atoms with Crippen LogP contribution in [0.1, 0.15) is 35.7 Å². The molecule has 3 rings (SSSR count). The molecule has 166 valence electrons. The van der Waals surface area contributed by atoms with E-state index in [9.17, 15) is 23.1 Å². The fraction of sp³-hybridized carbons (Fsp3) is 0.364. The largest absolute Gasteiger partial charge is 0.478 e. The molecule has 2 N–H and O–H groups in total. The lowest BCUT2D eigenvalue weighted by molar-refractivity contribution is -0.148. The van der Waals surface area contributed by atoms with Gasteiger partial charge in [0.25, 0.3) is 10.0 Å². The van der Waals surface area contributed by atoms with Crippen molar-refractivity contribution >= 4 is 33.3 Å². The molecule has 1 fully saturated rings. The summed E-state index contributed by atoms with van der Waals surface area (Å²) < 4.78 is 33.1. The summed E-state index contributed by atoms with van der Waals surface area (Å²) in [6, 6.07) is 11.0. The number of benzene rings is 2. The average molecular weight is 447 g/mol. The molecule has 0 spiro atoms. The Balaban J connectivity index is 1.87. The number of carbonyl (C=O) groups is 2. The van der Waals surface area contributed by atoms with Crippen LogP contribution in [0.4, 0.5) is 11.4 Å². The number of ether oxygens (including phenoxy) is 1. The molecule has 1 atom stereocenters. The second kappa shape index (κ2) is 9.38. The monoisotopic (exact) mass is 446 g/mol. The zero-order chi connectivity index (χ0) is 22.6. The minimum atomic E-state index is -3.87. The van der Waals surface area contributed by atoms with Crippen LogP contribution in [0.15, 0.2) is 47.4 Å². The van der Waals surface area contributed by atoms with Gasteiger partial charge in [0, 0.05) is 18.8 Å². The van der Waals surface area contributed by atoms with E-state index in [1.807, 2.05) is 4.90 Å². The molecule has 9 heteroatoms. The van der Waals surface area contributed by atoms with Gasteiger partial charge in [0.1, 0.15) is 0 Å². The number of carbonyl (C=O) groups excluding carboxylic acids is 1. The van der Waals surface area contributed by atoms with E-state index in [0.717, 1.165) is 6.42 Å². The third kappa shape index (κ3) is 5.16. The van der Waals surface area contributed by atoms with Crippen LogP contribution >= 0.6 is 0 Å². The van der Waals surface area contributed by atoms with Gasteiger partial charge in [-0.15, -0.1) is 0 Å². The molecular formula is C22H26N2O6S. The summed E-state index contributed by atoms with van der Waals surface area (Å²) in [7, 11) is -3.87. The molecule has 0 amide bonds. The standard InChI is InChI=1S/C22H26N2O6S/c1-3-30-22(27)16-8-6-12-24(14-16)19-11-10-17(13-18(19)21(25)26)23-31(28,29)20-9-5-4-7-15(20)2/h4-5,7,9-11,13,16,23H,3,6,8,12,14H2,1-2H3,(H,25,26)/t16-/m0/s1. The van der Waals surface area contributed by atoms with Crippen molar-refractivity contribution in [3.63, 3.8) is 0 Å². The zero-order valence-electron chi connectivity index (χ0n) is 17.5. The number of nitrogens with zero attached hydrogens (tertiary/aromatic N) is 1. The second-order valence-electron chi connectivity index (χ2n) is 7.45. The number of hydrogen-bond acceptors (Lipinski definition) is 6. The van der Waals surface area contributed by atoms with E-state index in [0.29, 0.717) is 37.4 Å². The van der Waals surface area contributed by atoms with E-state index >= 15 is 0 Å².